The molecule has 3 rings (SSSR count). The second-order valence-electron chi connectivity index (χ2n) is 6.26. The van der Waals surface area contributed by atoms with E-state index in [1.54, 1.807) is 42.5 Å². The summed E-state index contributed by atoms with van der Waals surface area (Å²) in [6.45, 7) is 2.40. The van der Waals surface area contributed by atoms with E-state index in [4.69, 9.17) is 39.5 Å². The standard InChI is InChI=1S/C23H16Cl3NO/c1-15-2-4-16(5-3-15)14-28-23-21(25)11-17(12-22(23)26)10-19(13-27)18-6-8-20(24)9-7-18/h2-12H,14H2,1H3/b19-10+. The van der Waals surface area contributed by atoms with E-state index >= 15 is 0 Å². The number of nitriles is 1. The molecule has 0 aliphatic heterocycles. The smallest absolute Gasteiger partial charge is 0.157 e. The highest BCUT2D eigenvalue weighted by molar-refractivity contribution is 6.37. The van der Waals surface area contributed by atoms with Crippen LogP contribution in [0, 0.1) is 18.3 Å². The van der Waals surface area contributed by atoms with E-state index in [9.17, 15) is 5.26 Å². The van der Waals surface area contributed by atoms with E-state index in [1.165, 1.54) is 5.56 Å². The molecule has 0 amide bonds. The third-order valence-electron chi connectivity index (χ3n) is 4.11. The number of allylic oxidation sites excluding steroid dienone is 1. The molecule has 2 nitrogen and oxygen atoms in total. The van der Waals surface area contributed by atoms with Gasteiger partial charge < -0.3 is 4.74 Å². The minimum Gasteiger partial charge on any atom is -0.486 e. The molecule has 5 heteroatoms. The maximum absolute atomic E-state index is 9.49. The van der Waals surface area contributed by atoms with Crippen molar-refractivity contribution in [1.82, 2.24) is 0 Å². The highest BCUT2D eigenvalue weighted by Crippen LogP contribution is 2.36. The van der Waals surface area contributed by atoms with Crippen LogP contribution in [0.4, 0.5) is 0 Å². The summed E-state index contributed by atoms with van der Waals surface area (Å²) in [6, 6.07) is 20.8. The summed E-state index contributed by atoms with van der Waals surface area (Å²) < 4.78 is 5.81. The molecule has 0 unspecified atom stereocenters. The molecule has 0 saturated heterocycles. The van der Waals surface area contributed by atoms with Gasteiger partial charge >= 0.3 is 0 Å². The van der Waals surface area contributed by atoms with Crippen LogP contribution in [0.1, 0.15) is 22.3 Å². The molecular formula is C23H16Cl3NO. The van der Waals surface area contributed by atoms with Crippen LogP contribution in [0.15, 0.2) is 60.7 Å². The van der Waals surface area contributed by atoms with Crippen LogP contribution >= 0.6 is 34.8 Å². The van der Waals surface area contributed by atoms with Gasteiger partial charge in [-0.25, -0.2) is 0 Å². The monoisotopic (exact) mass is 427 g/mol. The first-order valence-corrected chi connectivity index (χ1v) is 9.65. The maximum Gasteiger partial charge on any atom is 0.157 e. The van der Waals surface area contributed by atoms with Crippen molar-refractivity contribution in [2.45, 2.75) is 13.5 Å². The number of halogens is 3. The minimum atomic E-state index is 0.364. The van der Waals surface area contributed by atoms with Crippen LogP contribution in [-0.2, 0) is 6.61 Å². The number of nitrogens with zero attached hydrogens (tertiary/aromatic N) is 1. The minimum absolute atomic E-state index is 0.364. The SMILES string of the molecule is Cc1ccc(COc2c(Cl)cc(/C=C(\C#N)c3ccc(Cl)cc3)cc2Cl)cc1. The Morgan fingerprint density at radius 1 is 0.964 bits per heavy atom. The van der Waals surface area contributed by atoms with Gasteiger partial charge in [-0.1, -0.05) is 76.8 Å². The van der Waals surface area contributed by atoms with Gasteiger partial charge in [-0.2, -0.15) is 5.26 Å². The highest BCUT2D eigenvalue weighted by atomic mass is 35.5. The number of aryl methyl sites for hydroxylation is 1. The zero-order valence-electron chi connectivity index (χ0n) is 15.0. The van der Waals surface area contributed by atoms with Gasteiger partial charge in [0.2, 0.25) is 0 Å². The summed E-state index contributed by atoms with van der Waals surface area (Å²) in [5, 5.41) is 10.9. The summed E-state index contributed by atoms with van der Waals surface area (Å²) in [5.74, 6) is 0.422. The largest absolute Gasteiger partial charge is 0.486 e. The second kappa shape index (κ2) is 9.17. The quantitative estimate of drug-likeness (QED) is 0.309. The zero-order chi connectivity index (χ0) is 20.1. The van der Waals surface area contributed by atoms with E-state index in [2.05, 4.69) is 6.07 Å². The Morgan fingerprint density at radius 3 is 2.14 bits per heavy atom. The van der Waals surface area contributed by atoms with Gasteiger partial charge in [0.15, 0.2) is 5.75 Å². The van der Waals surface area contributed by atoms with Crippen molar-refractivity contribution in [2.24, 2.45) is 0 Å². The molecule has 0 spiro atoms. The van der Waals surface area contributed by atoms with Crippen molar-refractivity contribution < 1.29 is 4.74 Å². The molecule has 0 aliphatic carbocycles. The molecule has 3 aromatic carbocycles. The van der Waals surface area contributed by atoms with Gasteiger partial charge in [-0.15, -0.1) is 0 Å². The topological polar surface area (TPSA) is 33.0 Å². The van der Waals surface area contributed by atoms with Gasteiger partial charge in [-0.3, -0.25) is 0 Å². The van der Waals surface area contributed by atoms with Crippen LogP contribution in [0.3, 0.4) is 0 Å². The van der Waals surface area contributed by atoms with Crippen molar-refractivity contribution in [3.8, 4) is 11.8 Å². The maximum atomic E-state index is 9.49. The summed E-state index contributed by atoms with van der Waals surface area (Å²) in [6.07, 6.45) is 1.73. The van der Waals surface area contributed by atoms with Gasteiger partial charge in [0.1, 0.15) is 6.61 Å². The van der Waals surface area contributed by atoms with Gasteiger partial charge in [0.25, 0.3) is 0 Å². The van der Waals surface area contributed by atoms with E-state index < -0.39 is 0 Å². The Bertz CT molecular complexity index is 1030. The van der Waals surface area contributed by atoms with E-state index in [0.717, 1.165) is 11.1 Å². The van der Waals surface area contributed by atoms with Crippen molar-refractivity contribution >= 4 is 46.5 Å². The second-order valence-corrected chi connectivity index (χ2v) is 7.52. The zero-order valence-corrected chi connectivity index (χ0v) is 17.3. The molecule has 0 radical (unpaired) electrons. The first-order valence-electron chi connectivity index (χ1n) is 8.51. The van der Waals surface area contributed by atoms with Crippen LogP contribution < -0.4 is 4.74 Å². The number of ether oxygens (including phenoxy) is 1. The Morgan fingerprint density at radius 2 is 1.57 bits per heavy atom. The highest BCUT2D eigenvalue weighted by Gasteiger charge is 2.11. The predicted octanol–water partition coefficient (Wildman–Crippen LogP) is 7.60. The molecule has 3 aromatic rings. The lowest BCUT2D eigenvalue weighted by molar-refractivity contribution is 0.306. The molecule has 0 saturated carbocycles. The van der Waals surface area contributed by atoms with Crippen molar-refractivity contribution in [3.63, 3.8) is 0 Å². The average Bonchev–Trinajstić information content (AvgIpc) is 2.67. The molecule has 0 N–H and O–H groups in total. The number of hydrogen-bond acceptors (Lipinski definition) is 2. The Kier molecular flexibility index (Phi) is 6.65. The Hall–Kier alpha value is -2.44. The fraction of sp³-hybridized carbons (Fsp3) is 0.0870. The molecule has 28 heavy (non-hydrogen) atoms. The number of rotatable bonds is 5. The molecule has 0 fully saturated rings. The van der Waals surface area contributed by atoms with Gasteiger partial charge in [-0.05, 0) is 54.0 Å². The van der Waals surface area contributed by atoms with Crippen LogP contribution in [-0.4, -0.2) is 0 Å². The van der Waals surface area contributed by atoms with Crippen LogP contribution in [0.2, 0.25) is 15.1 Å². The fourth-order valence-electron chi connectivity index (χ4n) is 2.62. The third kappa shape index (κ3) is 5.09. The molecule has 0 aromatic heterocycles. The van der Waals surface area contributed by atoms with E-state index in [-0.39, 0.29) is 0 Å². The van der Waals surface area contributed by atoms with Crippen molar-refractivity contribution in [3.05, 3.63) is 98.0 Å². The lowest BCUT2D eigenvalue weighted by Gasteiger charge is -2.11. The Balaban J connectivity index is 1.83. The fourth-order valence-corrected chi connectivity index (χ4v) is 3.36. The number of benzene rings is 3. The van der Waals surface area contributed by atoms with Gasteiger partial charge in [0, 0.05) is 5.02 Å². The number of hydrogen-bond donors (Lipinski definition) is 0. The molecule has 0 atom stereocenters. The summed E-state index contributed by atoms with van der Waals surface area (Å²) in [7, 11) is 0. The first-order chi connectivity index (χ1) is 13.5. The lowest BCUT2D eigenvalue weighted by Crippen LogP contribution is -1.97. The molecule has 0 bridgehead atoms. The normalized spacial score (nSPS) is 11.2. The summed E-state index contributed by atoms with van der Waals surface area (Å²) in [4.78, 5) is 0. The van der Waals surface area contributed by atoms with Crippen LogP contribution in [0.5, 0.6) is 5.75 Å². The summed E-state index contributed by atoms with van der Waals surface area (Å²) >= 11 is 18.7. The third-order valence-corrected chi connectivity index (χ3v) is 4.92. The molecule has 140 valence electrons. The van der Waals surface area contributed by atoms with Crippen molar-refractivity contribution in [2.75, 3.05) is 0 Å². The van der Waals surface area contributed by atoms with E-state index in [1.807, 2.05) is 31.2 Å². The first kappa shape index (κ1) is 20.3. The Labute approximate surface area is 179 Å². The average molecular weight is 429 g/mol. The van der Waals surface area contributed by atoms with E-state index in [0.29, 0.717) is 38.6 Å². The molecular weight excluding hydrogens is 413 g/mol. The lowest BCUT2D eigenvalue weighted by atomic mass is 10.0. The van der Waals surface area contributed by atoms with Crippen molar-refractivity contribution in [1.29, 1.82) is 5.26 Å². The van der Waals surface area contributed by atoms with Gasteiger partial charge in [0.05, 0.1) is 21.7 Å². The predicted molar refractivity (Wildman–Crippen MR) is 117 cm³/mol. The molecule has 0 heterocycles. The van der Waals surface area contributed by atoms with Crippen LogP contribution in [0.25, 0.3) is 11.6 Å². The molecule has 0 aliphatic rings. The summed E-state index contributed by atoms with van der Waals surface area (Å²) in [5.41, 5.74) is 4.17.